The fourth-order valence-corrected chi connectivity index (χ4v) is 7.65. The number of nitrogens with one attached hydrogen (secondary N) is 1. The van der Waals surface area contributed by atoms with E-state index < -0.39 is 31.5 Å². The van der Waals surface area contributed by atoms with Crippen LogP contribution in [0.15, 0.2) is 60.7 Å². The summed E-state index contributed by atoms with van der Waals surface area (Å²) in [7, 11) is -2.25. The molecule has 0 saturated carbocycles. The van der Waals surface area contributed by atoms with Gasteiger partial charge in [0.2, 0.25) is 5.91 Å². The Morgan fingerprint density at radius 2 is 1.58 bits per heavy atom. The van der Waals surface area contributed by atoms with Crippen LogP contribution in [0.2, 0.25) is 0 Å². The highest BCUT2D eigenvalue weighted by atomic mass is 31.2. The Balaban J connectivity index is 1.55. The van der Waals surface area contributed by atoms with E-state index in [9.17, 15) is 24.1 Å². The highest BCUT2D eigenvalue weighted by molar-refractivity contribution is 7.62. The molecule has 2 atom stereocenters. The van der Waals surface area contributed by atoms with Crippen LogP contribution in [0.4, 0.5) is 10.6 Å². The van der Waals surface area contributed by atoms with Crippen LogP contribution in [-0.4, -0.2) is 108 Å². The summed E-state index contributed by atoms with van der Waals surface area (Å²) in [5, 5.41) is 12.5. The third-order valence-corrected chi connectivity index (χ3v) is 10.5. The molecule has 1 aromatic heterocycles. The van der Waals surface area contributed by atoms with Gasteiger partial charge < -0.3 is 38.9 Å². The second-order valence-electron chi connectivity index (χ2n) is 11.3. The number of piperazine rings is 1. The summed E-state index contributed by atoms with van der Waals surface area (Å²) in [6, 6.07) is 16.0. The molecule has 14 nitrogen and oxygen atoms in total. The number of nitrogens with zero attached hydrogens (tertiary/aromatic N) is 5. The van der Waals surface area contributed by atoms with Crippen LogP contribution in [0.5, 0.6) is 0 Å². The lowest BCUT2D eigenvalue weighted by molar-refractivity contribution is -0.135. The standard InChI is InChI=1S/C33H41N6O8P/c1-4-46-48(44,47-5-2)27-14-10-9-13-25(27)29(32(41)37-17-19-38(20-18-37)33(42)43)36-31(40)26-21-28(39-16-15-24(22-39)45-3)35-30(34-26)23-11-7-6-8-12-23/h6-14,21,24,29H,4-5,15-20,22H2,1-3H3,(H,36,40)(H,42,43)/t24-,29?/m0/s1. The quantitative estimate of drug-likeness (QED) is 0.269. The van der Waals surface area contributed by atoms with E-state index in [0.717, 1.165) is 6.42 Å². The Hall–Kier alpha value is -4.36. The van der Waals surface area contributed by atoms with Gasteiger partial charge in [-0.1, -0.05) is 48.5 Å². The fraction of sp³-hybridized carbons (Fsp3) is 0.424. The zero-order chi connectivity index (χ0) is 34.3. The number of hydrogen-bond donors (Lipinski definition) is 2. The van der Waals surface area contributed by atoms with E-state index in [0.29, 0.717) is 30.3 Å². The minimum Gasteiger partial charge on any atom is -0.465 e. The van der Waals surface area contributed by atoms with Crippen molar-refractivity contribution in [3.8, 4) is 11.4 Å². The van der Waals surface area contributed by atoms with Crippen molar-refractivity contribution in [2.24, 2.45) is 0 Å². The molecule has 256 valence electrons. The van der Waals surface area contributed by atoms with Crippen LogP contribution in [0, 0.1) is 0 Å². The smallest absolute Gasteiger partial charge is 0.407 e. The van der Waals surface area contributed by atoms with Crippen molar-refractivity contribution in [3.63, 3.8) is 0 Å². The first-order chi connectivity index (χ1) is 23.2. The van der Waals surface area contributed by atoms with E-state index in [1.54, 1.807) is 51.3 Å². The van der Waals surface area contributed by atoms with Crippen LogP contribution >= 0.6 is 7.60 Å². The van der Waals surface area contributed by atoms with Crippen molar-refractivity contribution >= 4 is 36.6 Å². The molecule has 2 fully saturated rings. The van der Waals surface area contributed by atoms with Gasteiger partial charge in [-0.3, -0.25) is 14.2 Å². The molecule has 5 rings (SSSR count). The SMILES string of the molecule is CCOP(=O)(OCC)c1ccccc1C(NC(=O)c1cc(N2CC[C@H](OC)C2)nc(-c2ccccc2)n1)C(=O)N1CCN(C(=O)O)CC1. The van der Waals surface area contributed by atoms with E-state index >= 15 is 0 Å². The molecule has 3 heterocycles. The minimum atomic E-state index is -3.91. The fourth-order valence-electron chi connectivity index (χ4n) is 5.83. The summed E-state index contributed by atoms with van der Waals surface area (Å²) < 4.78 is 30.9. The van der Waals surface area contributed by atoms with E-state index in [2.05, 4.69) is 10.3 Å². The Labute approximate surface area is 279 Å². The van der Waals surface area contributed by atoms with Gasteiger partial charge in [-0.25, -0.2) is 14.8 Å². The van der Waals surface area contributed by atoms with Gasteiger partial charge in [-0.05, 0) is 31.9 Å². The van der Waals surface area contributed by atoms with Crippen LogP contribution in [0.1, 0.15) is 42.4 Å². The molecule has 48 heavy (non-hydrogen) atoms. The lowest BCUT2D eigenvalue weighted by atomic mass is 10.0. The molecule has 0 radical (unpaired) electrons. The molecular weight excluding hydrogens is 639 g/mol. The molecule has 2 saturated heterocycles. The van der Waals surface area contributed by atoms with Gasteiger partial charge >= 0.3 is 13.7 Å². The van der Waals surface area contributed by atoms with Crippen molar-refractivity contribution in [1.29, 1.82) is 0 Å². The second-order valence-corrected chi connectivity index (χ2v) is 13.3. The third kappa shape index (κ3) is 7.84. The average Bonchev–Trinajstić information content (AvgIpc) is 3.60. The Morgan fingerprint density at radius 1 is 0.938 bits per heavy atom. The van der Waals surface area contributed by atoms with E-state index in [1.165, 1.54) is 9.80 Å². The van der Waals surface area contributed by atoms with Gasteiger partial charge in [0.1, 0.15) is 17.6 Å². The summed E-state index contributed by atoms with van der Waals surface area (Å²) in [6.45, 7) is 5.23. The largest absolute Gasteiger partial charge is 0.465 e. The first-order valence-electron chi connectivity index (χ1n) is 16.0. The first kappa shape index (κ1) is 35.0. The molecule has 2 aliphatic rings. The zero-order valence-electron chi connectivity index (χ0n) is 27.3. The van der Waals surface area contributed by atoms with Crippen molar-refractivity contribution in [1.82, 2.24) is 25.1 Å². The number of ether oxygens (including phenoxy) is 1. The van der Waals surface area contributed by atoms with E-state index in [1.807, 2.05) is 35.2 Å². The summed E-state index contributed by atoms with van der Waals surface area (Å²) in [5.74, 6) is -0.276. The van der Waals surface area contributed by atoms with Gasteiger partial charge in [0, 0.05) is 58.0 Å². The minimum absolute atomic E-state index is 0.0175. The average molecular weight is 681 g/mol. The number of benzene rings is 2. The Bertz CT molecular complexity index is 1640. The number of carbonyl (C=O) groups is 3. The number of carbonyl (C=O) groups excluding carboxylic acids is 2. The summed E-state index contributed by atoms with van der Waals surface area (Å²) in [5.41, 5.74) is 0.977. The molecule has 2 aliphatic heterocycles. The number of methoxy groups -OCH3 is 1. The molecule has 15 heteroatoms. The van der Waals surface area contributed by atoms with Crippen molar-refractivity contribution in [3.05, 3.63) is 71.9 Å². The maximum absolute atomic E-state index is 14.3. The van der Waals surface area contributed by atoms with Gasteiger partial charge in [0.25, 0.3) is 5.91 Å². The topological polar surface area (TPSA) is 164 Å². The maximum atomic E-state index is 14.3. The summed E-state index contributed by atoms with van der Waals surface area (Å²) in [6.07, 6.45) is -0.260. The molecule has 2 N–H and O–H groups in total. The molecule has 0 spiro atoms. The lowest BCUT2D eigenvalue weighted by Crippen LogP contribution is -2.53. The summed E-state index contributed by atoms with van der Waals surface area (Å²) in [4.78, 5) is 54.2. The predicted molar refractivity (Wildman–Crippen MR) is 178 cm³/mol. The predicted octanol–water partition coefficient (Wildman–Crippen LogP) is 3.55. The molecule has 2 aromatic carbocycles. The van der Waals surface area contributed by atoms with E-state index in [-0.39, 0.29) is 62.1 Å². The van der Waals surface area contributed by atoms with Gasteiger partial charge in [-0.2, -0.15) is 0 Å². The van der Waals surface area contributed by atoms with Crippen molar-refractivity contribution in [2.45, 2.75) is 32.4 Å². The number of anilines is 1. The van der Waals surface area contributed by atoms with Crippen LogP contribution in [0.3, 0.4) is 0 Å². The number of amides is 3. The summed E-state index contributed by atoms with van der Waals surface area (Å²) >= 11 is 0. The van der Waals surface area contributed by atoms with Gasteiger partial charge in [-0.15, -0.1) is 0 Å². The van der Waals surface area contributed by atoms with E-state index in [4.69, 9.17) is 18.8 Å². The third-order valence-electron chi connectivity index (χ3n) is 8.30. The lowest BCUT2D eigenvalue weighted by Gasteiger charge is -2.35. The Morgan fingerprint density at radius 3 is 2.21 bits per heavy atom. The van der Waals surface area contributed by atoms with Gasteiger partial charge in [0.05, 0.1) is 24.6 Å². The highest BCUT2D eigenvalue weighted by Gasteiger charge is 2.38. The number of carboxylic acid groups (broad SMARTS) is 1. The van der Waals surface area contributed by atoms with Crippen molar-refractivity contribution < 1.29 is 37.8 Å². The zero-order valence-corrected chi connectivity index (χ0v) is 28.2. The molecule has 3 aromatic rings. The maximum Gasteiger partial charge on any atom is 0.407 e. The number of aromatic nitrogens is 2. The van der Waals surface area contributed by atoms with Crippen LogP contribution in [0.25, 0.3) is 11.4 Å². The molecule has 0 aliphatic carbocycles. The Kier molecular flexibility index (Phi) is 11.4. The van der Waals surface area contributed by atoms with Crippen molar-refractivity contribution in [2.75, 3.05) is 64.5 Å². The second kappa shape index (κ2) is 15.7. The number of hydrogen-bond acceptors (Lipinski definition) is 10. The highest BCUT2D eigenvalue weighted by Crippen LogP contribution is 2.48. The molecular formula is C33H41N6O8P. The van der Waals surface area contributed by atoms with Crippen LogP contribution in [-0.2, 0) is 23.1 Å². The number of rotatable bonds is 12. The normalized spacial score (nSPS) is 17.3. The monoisotopic (exact) mass is 680 g/mol. The molecule has 3 amide bonds. The molecule has 0 bridgehead atoms. The van der Waals surface area contributed by atoms with Gasteiger partial charge in [0.15, 0.2) is 5.82 Å². The van der Waals surface area contributed by atoms with Crippen LogP contribution < -0.4 is 15.5 Å². The first-order valence-corrected chi connectivity index (χ1v) is 17.5. The molecule has 1 unspecified atom stereocenters.